The largest absolute Gasteiger partial charge is 0.324 e. The fourth-order valence-electron chi connectivity index (χ4n) is 0.880. The summed E-state index contributed by atoms with van der Waals surface area (Å²) in [6, 6.07) is 1.93. The summed E-state index contributed by atoms with van der Waals surface area (Å²) in [4.78, 5) is 3.90. The number of hydrogen-bond donors (Lipinski definition) is 1. The van der Waals surface area contributed by atoms with Gasteiger partial charge in [0.25, 0.3) is 0 Å². The predicted octanol–water partition coefficient (Wildman–Crippen LogP) is 2.49. The molecule has 1 atom stereocenters. The number of hydrogen-bond acceptors (Lipinski definition) is 2. The monoisotopic (exact) mass is 196 g/mol. The molecule has 1 aromatic heterocycles. The number of nitrogens with zero attached hydrogens (tertiary/aromatic N) is 1. The van der Waals surface area contributed by atoms with Crippen molar-refractivity contribution in [1.29, 1.82) is 0 Å². The highest BCUT2D eigenvalue weighted by molar-refractivity contribution is 6.31. The lowest BCUT2D eigenvalue weighted by atomic mass is 10.1. The Morgan fingerprint density at radius 1 is 1.69 bits per heavy atom. The topological polar surface area (TPSA) is 38.9 Å². The van der Waals surface area contributed by atoms with E-state index < -0.39 is 0 Å². The van der Waals surface area contributed by atoms with Crippen LogP contribution in [-0.4, -0.2) is 11.0 Å². The minimum atomic E-state index is 0.0595. The molecule has 2 nitrogen and oxygen atoms in total. The van der Waals surface area contributed by atoms with Crippen molar-refractivity contribution in [3.63, 3.8) is 0 Å². The van der Waals surface area contributed by atoms with Gasteiger partial charge >= 0.3 is 0 Å². The SMILES string of the molecule is C/C(=C\c1ccncc1Cl)C(C)N. The molecular formula is C10H13ClN2. The number of aromatic nitrogens is 1. The zero-order valence-electron chi connectivity index (χ0n) is 7.79. The Hall–Kier alpha value is -0.860. The maximum absolute atomic E-state index is 5.93. The lowest BCUT2D eigenvalue weighted by molar-refractivity contribution is 0.868. The molecule has 0 aromatic carbocycles. The summed E-state index contributed by atoms with van der Waals surface area (Å²) in [5.74, 6) is 0. The van der Waals surface area contributed by atoms with Crippen molar-refractivity contribution in [2.24, 2.45) is 5.73 Å². The van der Waals surface area contributed by atoms with Gasteiger partial charge in [0.05, 0.1) is 5.02 Å². The quantitative estimate of drug-likeness (QED) is 0.790. The van der Waals surface area contributed by atoms with E-state index in [9.17, 15) is 0 Å². The zero-order valence-corrected chi connectivity index (χ0v) is 8.55. The molecule has 1 heterocycles. The van der Waals surface area contributed by atoms with Gasteiger partial charge in [0.15, 0.2) is 0 Å². The van der Waals surface area contributed by atoms with Crippen LogP contribution in [0.5, 0.6) is 0 Å². The number of pyridine rings is 1. The smallest absolute Gasteiger partial charge is 0.0661 e. The molecule has 0 radical (unpaired) electrons. The maximum Gasteiger partial charge on any atom is 0.0661 e. The predicted molar refractivity (Wildman–Crippen MR) is 56.5 cm³/mol. The molecule has 1 unspecified atom stereocenters. The van der Waals surface area contributed by atoms with Crippen LogP contribution in [0, 0.1) is 0 Å². The number of nitrogens with two attached hydrogens (primary N) is 1. The fourth-order valence-corrected chi connectivity index (χ4v) is 1.05. The molecule has 3 heteroatoms. The van der Waals surface area contributed by atoms with Crippen molar-refractivity contribution in [3.8, 4) is 0 Å². The average molecular weight is 197 g/mol. The van der Waals surface area contributed by atoms with Crippen LogP contribution in [0.25, 0.3) is 6.08 Å². The average Bonchev–Trinajstić information content (AvgIpc) is 2.08. The summed E-state index contributed by atoms with van der Waals surface area (Å²) in [6.07, 6.45) is 5.32. The maximum atomic E-state index is 5.93. The molecule has 0 amide bonds. The Morgan fingerprint density at radius 3 is 2.92 bits per heavy atom. The van der Waals surface area contributed by atoms with Crippen LogP contribution in [0.1, 0.15) is 19.4 Å². The van der Waals surface area contributed by atoms with E-state index in [4.69, 9.17) is 17.3 Å². The van der Waals surface area contributed by atoms with Gasteiger partial charge in [0, 0.05) is 18.4 Å². The summed E-state index contributed by atoms with van der Waals surface area (Å²) in [5, 5.41) is 0.655. The lowest BCUT2D eigenvalue weighted by Crippen LogP contribution is -2.15. The third-order valence-corrected chi connectivity index (χ3v) is 2.22. The molecule has 0 saturated heterocycles. The Labute approximate surface area is 83.4 Å². The van der Waals surface area contributed by atoms with Crippen molar-refractivity contribution >= 4 is 17.7 Å². The van der Waals surface area contributed by atoms with E-state index in [0.717, 1.165) is 11.1 Å². The molecule has 0 aliphatic rings. The summed E-state index contributed by atoms with van der Waals surface area (Å²) >= 11 is 5.93. The first-order valence-corrected chi connectivity index (χ1v) is 4.52. The van der Waals surface area contributed by atoms with Crippen LogP contribution in [0.4, 0.5) is 0 Å². The molecule has 13 heavy (non-hydrogen) atoms. The first kappa shape index (κ1) is 10.2. The Morgan fingerprint density at radius 2 is 2.38 bits per heavy atom. The van der Waals surface area contributed by atoms with Crippen LogP contribution >= 0.6 is 11.6 Å². The Balaban J connectivity index is 2.97. The summed E-state index contributed by atoms with van der Waals surface area (Å²) < 4.78 is 0. The second-order valence-corrected chi connectivity index (χ2v) is 3.48. The van der Waals surface area contributed by atoms with Crippen LogP contribution in [0.2, 0.25) is 5.02 Å². The van der Waals surface area contributed by atoms with Crippen molar-refractivity contribution in [2.75, 3.05) is 0 Å². The third-order valence-electron chi connectivity index (χ3n) is 1.91. The van der Waals surface area contributed by atoms with E-state index in [1.165, 1.54) is 0 Å². The highest BCUT2D eigenvalue weighted by Gasteiger charge is 1.99. The molecule has 1 rings (SSSR count). The van der Waals surface area contributed by atoms with Crippen LogP contribution in [-0.2, 0) is 0 Å². The van der Waals surface area contributed by atoms with Gasteiger partial charge in [-0.2, -0.15) is 0 Å². The van der Waals surface area contributed by atoms with E-state index >= 15 is 0 Å². The van der Waals surface area contributed by atoms with Gasteiger partial charge in [-0.15, -0.1) is 0 Å². The molecule has 1 aromatic rings. The van der Waals surface area contributed by atoms with Gasteiger partial charge in [0.2, 0.25) is 0 Å². The highest BCUT2D eigenvalue weighted by atomic mass is 35.5. The minimum Gasteiger partial charge on any atom is -0.324 e. The first-order valence-electron chi connectivity index (χ1n) is 4.14. The van der Waals surface area contributed by atoms with Crippen LogP contribution in [0.15, 0.2) is 24.0 Å². The van der Waals surface area contributed by atoms with E-state index in [-0.39, 0.29) is 6.04 Å². The van der Waals surface area contributed by atoms with Crippen LogP contribution in [0.3, 0.4) is 0 Å². The van der Waals surface area contributed by atoms with Gasteiger partial charge in [-0.05, 0) is 25.5 Å². The second kappa shape index (κ2) is 4.40. The van der Waals surface area contributed by atoms with E-state index in [1.54, 1.807) is 12.4 Å². The Kier molecular flexibility index (Phi) is 3.46. The highest BCUT2D eigenvalue weighted by Crippen LogP contribution is 2.17. The Bertz CT molecular complexity index is 318. The standard InChI is InChI=1S/C10H13ClN2/c1-7(8(2)12)5-9-3-4-13-6-10(9)11/h3-6,8H,12H2,1-2H3/b7-5+. The molecule has 0 aliphatic heterocycles. The normalized spacial score (nSPS) is 14.3. The molecule has 0 saturated carbocycles. The third kappa shape index (κ3) is 2.83. The van der Waals surface area contributed by atoms with Gasteiger partial charge in [-0.25, -0.2) is 0 Å². The lowest BCUT2D eigenvalue weighted by Gasteiger charge is -2.05. The second-order valence-electron chi connectivity index (χ2n) is 3.07. The van der Waals surface area contributed by atoms with Crippen molar-refractivity contribution < 1.29 is 0 Å². The molecule has 70 valence electrons. The molecule has 0 spiro atoms. The number of rotatable bonds is 2. The molecular weight excluding hydrogens is 184 g/mol. The molecule has 2 N–H and O–H groups in total. The van der Waals surface area contributed by atoms with Crippen LogP contribution < -0.4 is 5.73 Å². The van der Waals surface area contributed by atoms with Gasteiger partial charge < -0.3 is 5.73 Å². The van der Waals surface area contributed by atoms with E-state index in [0.29, 0.717) is 5.02 Å². The molecule has 0 fully saturated rings. The van der Waals surface area contributed by atoms with Crippen molar-refractivity contribution in [1.82, 2.24) is 4.98 Å². The fraction of sp³-hybridized carbons (Fsp3) is 0.300. The van der Waals surface area contributed by atoms with Gasteiger partial charge in [-0.3, -0.25) is 4.98 Å². The van der Waals surface area contributed by atoms with Gasteiger partial charge in [0.1, 0.15) is 0 Å². The zero-order chi connectivity index (χ0) is 9.84. The van der Waals surface area contributed by atoms with E-state index in [2.05, 4.69) is 4.98 Å². The van der Waals surface area contributed by atoms with Crippen molar-refractivity contribution in [2.45, 2.75) is 19.9 Å². The molecule has 0 aliphatic carbocycles. The minimum absolute atomic E-state index is 0.0595. The molecule has 0 bridgehead atoms. The first-order chi connectivity index (χ1) is 6.11. The van der Waals surface area contributed by atoms with Crippen molar-refractivity contribution in [3.05, 3.63) is 34.6 Å². The number of halogens is 1. The summed E-state index contributed by atoms with van der Waals surface area (Å²) in [7, 11) is 0. The summed E-state index contributed by atoms with van der Waals surface area (Å²) in [5.41, 5.74) is 7.78. The van der Waals surface area contributed by atoms with Gasteiger partial charge in [-0.1, -0.05) is 23.3 Å². The summed E-state index contributed by atoms with van der Waals surface area (Å²) in [6.45, 7) is 3.93. The van der Waals surface area contributed by atoms with E-state index in [1.807, 2.05) is 26.0 Å².